The number of rotatable bonds is 10. The zero-order valence-electron chi connectivity index (χ0n) is 23.8. The fourth-order valence-corrected chi connectivity index (χ4v) is 9.75. The van der Waals surface area contributed by atoms with Gasteiger partial charge in [0.2, 0.25) is 5.91 Å². The van der Waals surface area contributed by atoms with E-state index in [1.165, 1.54) is 0 Å². The Kier molecular flexibility index (Phi) is 8.03. The van der Waals surface area contributed by atoms with Gasteiger partial charge in [-0.15, -0.1) is 18.3 Å². The lowest BCUT2D eigenvalue weighted by Crippen LogP contribution is -2.60. The van der Waals surface area contributed by atoms with Crippen LogP contribution < -0.4 is 4.90 Å². The highest BCUT2D eigenvalue weighted by Crippen LogP contribution is 2.69. The van der Waals surface area contributed by atoms with Gasteiger partial charge >= 0.3 is 5.97 Å². The molecule has 0 saturated carbocycles. The van der Waals surface area contributed by atoms with Crippen molar-refractivity contribution in [2.45, 2.75) is 62.6 Å². The molecule has 3 saturated heterocycles. The van der Waals surface area contributed by atoms with Gasteiger partial charge in [0, 0.05) is 17.5 Å². The van der Waals surface area contributed by atoms with Crippen LogP contribution in [0.4, 0.5) is 5.69 Å². The molecule has 40 heavy (non-hydrogen) atoms. The summed E-state index contributed by atoms with van der Waals surface area (Å²) in [6.07, 6.45) is 3.17. The monoisotopic (exact) mass is 564 g/mol. The predicted molar refractivity (Wildman–Crippen MR) is 159 cm³/mol. The van der Waals surface area contributed by atoms with Crippen LogP contribution in [0.5, 0.6) is 0 Å². The number of likely N-dealkylation sites (tertiary alicyclic amines) is 1. The Bertz CT molecular complexity index is 1320. The molecule has 2 amide bonds. The number of hydrogen-bond donors (Lipinski definition) is 1. The second-order valence-corrected chi connectivity index (χ2v) is 13.0. The summed E-state index contributed by atoms with van der Waals surface area (Å²) in [6.45, 7) is 12.1. The van der Waals surface area contributed by atoms with Crippen molar-refractivity contribution in [2.24, 2.45) is 23.7 Å². The normalized spacial score (nSPS) is 30.3. The van der Waals surface area contributed by atoms with Crippen molar-refractivity contribution in [3.63, 3.8) is 0 Å². The number of thioether (sulfide) groups is 1. The molecule has 0 aliphatic carbocycles. The van der Waals surface area contributed by atoms with Crippen LogP contribution in [0.25, 0.3) is 10.8 Å². The number of hydrogen-bond acceptors (Lipinski definition) is 6. The Morgan fingerprint density at radius 2 is 1.98 bits per heavy atom. The van der Waals surface area contributed by atoms with Crippen molar-refractivity contribution in [3.05, 3.63) is 55.1 Å². The summed E-state index contributed by atoms with van der Waals surface area (Å²) < 4.78 is 4.68. The first kappa shape index (κ1) is 28.7. The third-order valence-corrected chi connectivity index (χ3v) is 11.5. The van der Waals surface area contributed by atoms with E-state index in [0.29, 0.717) is 0 Å². The molecule has 214 valence electrons. The lowest BCUT2D eigenvalue weighted by atomic mass is 9.66. The minimum atomic E-state index is -0.827. The zero-order valence-corrected chi connectivity index (χ0v) is 24.6. The topological polar surface area (TPSA) is 87.2 Å². The molecule has 1 N–H and O–H groups in total. The highest BCUT2D eigenvalue weighted by atomic mass is 32.2. The number of carbonyl (C=O) groups is 3. The fourth-order valence-electron chi connectivity index (χ4n) is 7.36. The quantitative estimate of drug-likeness (QED) is 0.334. The number of carbonyl (C=O) groups excluding carboxylic acids is 3. The summed E-state index contributed by atoms with van der Waals surface area (Å²) in [5.74, 6) is -2.04. The van der Waals surface area contributed by atoms with E-state index in [1.54, 1.807) is 34.6 Å². The first-order chi connectivity index (χ1) is 19.2. The first-order valence-electron chi connectivity index (χ1n) is 14.4. The Morgan fingerprint density at radius 3 is 2.62 bits per heavy atom. The van der Waals surface area contributed by atoms with E-state index in [9.17, 15) is 19.5 Å². The lowest BCUT2D eigenvalue weighted by molar-refractivity contribution is -0.154. The molecule has 7 nitrogen and oxygen atoms in total. The molecule has 8 atom stereocenters. The summed E-state index contributed by atoms with van der Waals surface area (Å²) in [4.78, 5) is 46.0. The predicted octanol–water partition coefficient (Wildman–Crippen LogP) is 4.67. The van der Waals surface area contributed by atoms with Crippen molar-refractivity contribution in [1.82, 2.24) is 4.90 Å². The Morgan fingerprint density at radius 1 is 1.25 bits per heavy atom. The Balaban J connectivity index is 1.65. The summed E-state index contributed by atoms with van der Waals surface area (Å²) in [5, 5.41) is 12.6. The smallest absolute Gasteiger partial charge is 0.310 e. The highest BCUT2D eigenvalue weighted by molar-refractivity contribution is 8.02. The van der Waals surface area contributed by atoms with Crippen LogP contribution in [0.3, 0.4) is 0 Å². The van der Waals surface area contributed by atoms with E-state index in [2.05, 4.69) is 13.5 Å². The summed E-state index contributed by atoms with van der Waals surface area (Å²) >= 11 is 1.63. The van der Waals surface area contributed by atoms with Crippen molar-refractivity contribution in [3.8, 4) is 0 Å². The van der Waals surface area contributed by atoms with Crippen LogP contribution in [-0.4, -0.2) is 69.6 Å². The summed E-state index contributed by atoms with van der Waals surface area (Å²) in [6, 6.07) is 12.6. The van der Waals surface area contributed by atoms with E-state index >= 15 is 0 Å². The molecule has 3 aliphatic rings. The van der Waals surface area contributed by atoms with Gasteiger partial charge < -0.3 is 19.6 Å². The van der Waals surface area contributed by atoms with Gasteiger partial charge in [-0.2, -0.15) is 0 Å². The van der Waals surface area contributed by atoms with Crippen molar-refractivity contribution in [2.75, 3.05) is 24.7 Å². The molecule has 0 radical (unpaired) electrons. The largest absolute Gasteiger partial charge is 0.466 e. The third kappa shape index (κ3) is 4.26. The molecule has 3 fully saturated rings. The van der Waals surface area contributed by atoms with E-state index in [4.69, 9.17) is 4.74 Å². The first-order valence-corrected chi connectivity index (χ1v) is 15.3. The number of ether oxygens (including phenoxy) is 1. The summed E-state index contributed by atoms with van der Waals surface area (Å²) in [5.41, 5.74) is 0.729. The van der Waals surface area contributed by atoms with Gasteiger partial charge in [0.1, 0.15) is 6.04 Å². The van der Waals surface area contributed by atoms with E-state index in [-0.39, 0.29) is 54.6 Å². The highest BCUT2D eigenvalue weighted by Gasteiger charge is 2.77. The molecule has 2 aromatic carbocycles. The molecule has 5 rings (SSSR count). The zero-order chi connectivity index (χ0) is 28.8. The average Bonchev–Trinajstić information content (AvgIpc) is 3.55. The van der Waals surface area contributed by atoms with Crippen molar-refractivity contribution >= 4 is 46.0 Å². The number of esters is 1. The molecule has 1 spiro atoms. The maximum Gasteiger partial charge on any atom is 0.310 e. The molecule has 2 bridgehead atoms. The number of benzene rings is 2. The maximum absolute atomic E-state index is 14.9. The minimum Gasteiger partial charge on any atom is -0.466 e. The molecular formula is C32H40N2O5S. The fraction of sp³-hybridized carbons (Fsp3) is 0.531. The van der Waals surface area contributed by atoms with E-state index < -0.39 is 28.7 Å². The van der Waals surface area contributed by atoms with Crippen LogP contribution in [0, 0.1) is 23.7 Å². The van der Waals surface area contributed by atoms with Crippen molar-refractivity contribution in [1.29, 1.82) is 0 Å². The van der Waals surface area contributed by atoms with Gasteiger partial charge in [0.05, 0.1) is 35.8 Å². The van der Waals surface area contributed by atoms with Gasteiger partial charge in [-0.3, -0.25) is 14.4 Å². The van der Waals surface area contributed by atoms with Crippen LogP contribution in [0.1, 0.15) is 40.5 Å². The molecule has 8 heteroatoms. The average molecular weight is 565 g/mol. The molecule has 2 aromatic rings. The molecule has 3 unspecified atom stereocenters. The number of anilines is 1. The van der Waals surface area contributed by atoms with Gasteiger partial charge in [-0.05, 0) is 48.1 Å². The van der Waals surface area contributed by atoms with Gasteiger partial charge in [0.15, 0.2) is 0 Å². The Labute approximate surface area is 240 Å². The van der Waals surface area contributed by atoms with Crippen LogP contribution in [0.2, 0.25) is 0 Å². The second kappa shape index (κ2) is 11.2. The number of fused-ring (bicyclic) bond motifs is 2. The molecular weight excluding hydrogens is 524 g/mol. The SMILES string of the molecule is C=CCN(C(=O)C1N([C@@H](CO)[C@@H](C)CC)C(=O)[C@@H]2[C@H](C(=O)OCC)[C@@H]3CC(C)C12S3)c1ccc2ccccc2c1. The summed E-state index contributed by atoms with van der Waals surface area (Å²) in [7, 11) is 0. The maximum atomic E-state index is 14.9. The minimum absolute atomic E-state index is 0.0273. The number of nitrogens with zero attached hydrogens (tertiary/aromatic N) is 2. The third-order valence-electron chi connectivity index (χ3n) is 9.44. The molecule has 3 aliphatic heterocycles. The lowest BCUT2D eigenvalue weighted by Gasteiger charge is -2.43. The van der Waals surface area contributed by atoms with Crippen LogP contribution in [0.15, 0.2) is 55.1 Å². The molecule has 3 heterocycles. The standard InChI is InChI=1S/C32H40N2O5S/c1-6-15-33(23-14-13-21-11-9-10-12-22(21)17-23)30(37)28-32-20(5)16-25(40-32)26(31(38)39-8-3)27(32)29(36)34(28)24(18-35)19(4)7-2/h6,9-14,17,19-20,24-28,35H,1,7-8,15-16,18H2,2-5H3/t19-,20?,24-,25-,26+,27-,28?,32?/m0/s1. The number of aliphatic hydroxyl groups excluding tert-OH is 1. The molecule has 0 aromatic heterocycles. The van der Waals surface area contributed by atoms with E-state index in [0.717, 1.165) is 29.3 Å². The van der Waals surface area contributed by atoms with E-state index in [1.807, 2.05) is 56.3 Å². The van der Waals surface area contributed by atoms with Crippen molar-refractivity contribution < 1.29 is 24.2 Å². The Hall–Kier alpha value is -2.84. The number of aliphatic hydroxyl groups is 1. The van der Waals surface area contributed by atoms with Gasteiger partial charge in [-0.1, -0.05) is 63.6 Å². The van der Waals surface area contributed by atoms with Gasteiger partial charge in [-0.25, -0.2) is 0 Å². The van der Waals surface area contributed by atoms with Crippen LogP contribution >= 0.6 is 11.8 Å². The van der Waals surface area contributed by atoms with Gasteiger partial charge in [0.25, 0.3) is 5.91 Å². The second-order valence-electron chi connectivity index (χ2n) is 11.5. The van der Waals surface area contributed by atoms with Crippen LogP contribution in [-0.2, 0) is 19.1 Å². The number of amides is 2.